The fraction of sp³-hybridized carbons (Fsp3) is 1.00. The van der Waals surface area contributed by atoms with E-state index in [4.69, 9.17) is 5.11 Å². The van der Waals surface area contributed by atoms with Gasteiger partial charge in [-0.1, -0.05) is 96.8 Å². The van der Waals surface area contributed by atoms with Crippen LogP contribution in [-0.2, 0) is 0 Å². The molecule has 0 aromatic heterocycles. The quantitative estimate of drug-likeness (QED) is 0.347. The minimum atomic E-state index is -0.0997. The number of hydrogen-bond acceptors (Lipinski definition) is 2. The maximum atomic E-state index is 9.14. The van der Waals surface area contributed by atoms with Crippen molar-refractivity contribution in [3.05, 3.63) is 0 Å². The molecule has 0 radical (unpaired) electrons. The first-order valence-corrected chi connectivity index (χ1v) is 9.53. The Morgan fingerprint density at radius 2 is 0.909 bits per heavy atom. The van der Waals surface area contributed by atoms with Crippen molar-refractivity contribution in [3.8, 4) is 0 Å². The summed E-state index contributed by atoms with van der Waals surface area (Å²) in [5.41, 5.74) is 4.50. The number of rotatable bonds is 15. The molecule has 3 heteroatoms. The van der Waals surface area contributed by atoms with E-state index >= 15 is 0 Å². The van der Waals surface area contributed by atoms with E-state index < -0.39 is 0 Å². The number of hydrogen-bond donors (Lipinski definition) is 2. The van der Waals surface area contributed by atoms with Gasteiger partial charge in [-0.2, -0.15) is 0 Å². The van der Waals surface area contributed by atoms with Crippen LogP contribution >= 0.6 is 12.4 Å². The molecular weight excluding hydrogens is 294 g/mol. The first-order valence-electron chi connectivity index (χ1n) is 9.53. The molecule has 0 aliphatic carbocycles. The van der Waals surface area contributed by atoms with E-state index in [2.05, 4.69) is 12.7 Å². The van der Waals surface area contributed by atoms with Crippen LogP contribution in [-0.4, -0.2) is 18.3 Å². The molecule has 0 saturated carbocycles. The highest BCUT2D eigenvalue weighted by molar-refractivity contribution is 5.85. The second kappa shape index (κ2) is 26.1. The summed E-state index contributed by atoms with van der Waals surface area (Å²) < 4.78 is 0. The lowest BCUT2D eigenvalue weighted by atomic mass is 10.0. The molecule has 22 heavy (non-hydrogen) atoms. The predicted octanol–water partition coefficient (Wildman–Crippen LogP) is 6.24. The average Bonchev–Trinajstić information content (AvgIpc) is 2.49. The van der Waals surface area contributed by atoms with Gasteiger partial charge in [-0.05, 0) is 20.4 Å². The first kappa shape index (κ1) is 27.1. The van der Waals surface area contributed by atoms with E-state index in [1.54, 1.807) is 0 Å². The summed E-state index contributed by atoms with van der Waals surface area (Å²) >= 11 is 0. The summed E-state index contributed by atoms with van der Waals surface area (Å²) in [6.07, 6.45) is 20.5. The SMILES string of the molecule is CCCCCCCCCCCCCCCCC(C)O.CN.Cl. The molecule has 2 nitrogen and oxygen atoms in total. The Balaban J connectivity index is -0.00000115. The van der Waals surface area contributed by atoms with Gasteiger partial charge in [0.25, 0.3) is 0 Å². The summed E-state index contributed by atoms with van der Waals surface area (Å²) in [6, 6.07) is 0. The van der Waals surface area contributed by atoms with Gasteiger partial charge in [0.1, 0.15) is 0 Å². The van der Waals surface area contributed by atoms with Crippen molar-refractivity contribution in [1.82, 2.24) is 0 Å². The van der Waals surface area contributed by atoms with E-state index in [0.717, 1.165) is 6.42 Å². The first-order chi connectivity index (χ1) is 10.3. The number of aliphatic hydroxyl groups is 1. The monoisotopic (exact) mass is 337 g/mol. The summed E-state index contributed by atoms with van der Waals surface area (Å²) in [4.78, 5) is 0. The van der Waals surface area contributed by atoms with Crippen LogP contribution in [0.15, 0.2) is 0 Å². The van der Waals surface area contributed by atoms with E-state index in [-0.39, 0.29) is 18.5 Å². The van der Waals surface area contributed by atoms with Gasteiger partial charge in [0.05, 0.1) is 6.10 Å². The summed E-state index contributed by atoms with van der Waals surface area (Å²) in [5, 5.41) is 9.14. The molecule has 0 amide bonds. The Labute approximate surface area is 147 Å². The van der Waals surface area contributed by atoms with E-state index in [9.17, 15) is 0 Å². The molecule has 0 rings (SSSR count). The van der Waals surface area contributed by atoms with Crippen LogP contribution in [0.2, 0.25) is 0 Å². The molecule has 138 valence electrons. The standard InChI is InChI=1S/C18H38O.CH5N.ClH/c1-3-4-5-6-7-8-9-10-11-12-13-14-15-16-17-18(2)19;1-2;/h18-19H,3-17H2,1-2H3;2H2,1H3;1H. The minimum absolute atomic E-state index is 0. The number of unbranched alkanes of at least 4 members (excludes halogenated alkanes) is 13. The second-order valence-corrected chi connectivity index (χ2v) is 6.23. The predicted molar refractivity (Wildman–Crippen MR) is 104 cm³/mol. The zero-order valence-electron chi connectivity index (χ0n) is 15.6. The van der Waals surface area contributed by atoms with Gasteiger partial charge >= 0.3 is 0 Å². The molecule has 0 aromatic carbocycles. The van der Waals surface area contributed by atoms with E-state index in [0.29, 0.717) is 0 Å². The Kier molecular flexibility index (Phi) is 32.2. The highest BCUT2D eigenvalue weighted by Crippen LogP contribution is 2.13. The van der Waals surface area contributed by atoms with Crippen molar-refractivity contribution in [2.45, 2.75) is 116 Å². The van der Waals surface area contributed by atoms with Crippen molar-refractivity contribution in [2.24, 2.45) is 5.73 Å². The molecule has 0 aliphatic rings. The third-order valence-electron chi connectivity index (χ3n) is 3.98. The Morgan fingerprint density at radius 1 is 0.636 bits per heavy atom. The molecular formula is C19H44ClNO. The van der Waals surface area contributed by atoms with Crippen molar-refractivity contribution >= 4 is 12.4 Å². The third-order valence-corrected chi connectivity index (χ3v) is 3.98. The Hall–Kier alpha value is 0.210. The maximum absolute atomic E-state index is 9.14. The van der Waals surface area contributed by atoms with Gasteiger partial charge in [0, 0.05) is 0 Å². The molecule has 0 saturated heterocycles. The summed E-state index contributed by atoms with van der Waals surface area (Å²) in [6.45, 7) is 4.17. The van der Waals surface area contributed by atoms with Gasteiger partial charge < -0.3 is 10.8 Å². The average molecular weight is 338 g/mol. The lowest BCUT2D eigenvalue weighted by molar-refractivity contribution is 0.180. The van der Waals surface area contributed by atoms with Crippen LogP contribution in [0.25, 0.3) is 0 Å². The van der Waals surface area contributed by atoms with Crippen molar-refractivity contribution in [3.63, 3.8) is 0 Å². The van der Waals surface area contributed by atoms with Crippen LogP contribution in [0.1, 0.15) is 110 Å². The summed E-state index contributed by atoms with van der Waals surface area (Å²) in [5.74, 6) is 0. The fourth-order valence-corrected chi connectivity index (χ4v) is 2.63. The van der Waals surface area contributed by atoms with Crippen molar-refractivity contribution < 1.29 is 5.11 Å². The molecule has 3 N–H and O–H groups in total. The molecule has 0 fully saturated rings. The number of halogens is 1. The molecule has 0 aromatic rings. The van der Waals surface area contributed by atoms with Crippen LogP contribution < -0.4 is 5.73 Å². The Morgan fingerprint density at radius 3 is 1.18 bits per heavy atom. The van der Waals surface area contributed by atoms with Gasteiger partial charge in [0.2, 0.25) is 0 Å². The topological polar surface area (TPSA) is 46.2 Å². The zero-order valence-corrected chi connectivity index (χ0v) is 16.4. The molecule has 0 aliphatic heterocycles. The van der Waals surface area contributed by atoms with Gasteiger partial charge in [-0.3, -0.25) is 0 Å². The molecule has 1 unspecified atom stereocenters. The zero-order chi connectivity index (χ0) is 16.2. The summed E-state index contributed by atoms with van der Waals surface area (Å²) in [7, 11) is 1.50. The third kappa shape index (κ3) is 28.4. The maximum Gasteiger partial charge on any atom is 0.0512 e. The van der Waals surface area contributed by atoms with E-state index in [1.165, 1.54) is 96.9 Å². The smallest absolute Gasteiger partial charge is 0.0512 e. The number of nitrogens with two attached hydrogens (primary N) is 1. The van der Waals surface area contributed by atoms with Crippen LogP contribution in [0.3, 0.4) is 0 Å². The molecule has 1 atom stereocenters. The van der Waals surface area contributed by atoms with Gasteiger partial charge in [-0.15, -0.1) is 12.4 Å². The normalized spacial score (nSPS) is 11.3. The minimum Gasteiger partial charge on any atom is -0.393 e. The highest BCUT2D eigenvalue weighted by atomic mass is 35.5. The highest BCUT2D eigenvalue weighted by Gasteiger charge is 1.96. The van der Waals surface area contributed by atoms with Crippen LogP contribution in [0, 0.1) is 0 Å². The van der Waals surface area contributed by atoms with Crippen LogP contribution in [0.5, 0.6) is 0 Å². The molecule has 0 spiro atoms. The van der Waals surface area contributed by atoms with Crippen molar-refractivity contribution in [1.29, 1.82) is 0 Å². The van der Waals surface area contributed by atoms with Gasteiger partial charge in [0.15, 0.2) is 0 Å². The van der Waals surface area contributed by atoms with Crippen molar-refractivity contribution in [2.75, 3.05) is 7.05 Å². The number of aliphatic hydroxyl groups excluding tert-OH is 1. The second-order valence-electron chi connectivity index (χ2n) is 6.23. The lowest BCUT2D eigenvalue weighted by Gasteiger charge is -2.04. The largest absolute Gasteiger partial charge is 0.393 e. The molecule has 0 heterocycles. The van der Waals surface area contributed by atoms with Gasteiger partial charge in [-0.25, -0.2) is 0 Å². The fourth-order valence-electron chi connectivity index (χ4n) is 2.63. The molecule has 0 bridgehead atoms. The van der Waals surface area contributed by atoms with E-state index in [1.807, 2.05) is 6.92 Å². The Bertz CT molecular complexity index is 166. The lowest BCUT2D eigenvalue weighted by Crippen LogP contribution is -1.98. The van der Waals surface area contributed by atoms with Crippen LogP contribution in [0.4, 0.5) is 0 Å².